The minimum absolute atomic E-state index is 0.0421. The van der Waals surface area contributed by atoms with Crippen LogP contribution < -0.4 is 5.32 Å². The second-order valence-corrected chi connectivity index (χ2v) is 5.58. The lowest BCUT2D eigenvalue weighted by Crippen LogP contribution is -2.32. The average Bonchev–Trinajstić information content (AvgIpc) is 2.47. The molecule has 100 valence electrons. The van der Waals surface area contributed by atoms with Crippen LogP contribution in [0.3, 0.4) is 0 Å². The maximum atomic E-state index is 12.5. The van der Waals surface area contributed by atoms with Crippen LogP contribution in [0, 0.1) is 5.92 Å². The number of nitrogens with one attached hydrogen (secondary N) is 1. The van der Waals surface area contributed by atoms with Gasteiger partial charge in [0.05, 0.1) is 0 Å². The molecule has 3 rings (SSSR count). The SMILES string of the molecule is O=C1NCCc2ccc(C(=O)C3CCCCC3)cc21. The predicted molar refractivity (Wildman–Crippen MR) is 73.4 cm³/mol. The van der Waals surface area contributed by atoms with E-state index in [-0.39, 0.29) is 17.6 Å². The number of Topliss-reactive ketones (excluding diaryl/α,β-unsaturated/α-hetero) is 1. The van der Waals surface area contributed by atoms with E-state index in [1.54, 1.807) is 6.07 Å². The van der Waals surface area contributed by atoms with Gasteiger partial charge in [-0.3, -0.25) is 9.59 Å². The fraction of sp³-hybridized carbons (Fsp3) is 0.500. The van der Waals surface area contributed by atoms with Gasteiger partial charge in [0, 0.05) is 23.6 Å². The summed E-state index contributed by atoms with van der Waals surface area (Å²) < 4.78 is 0. The van der Waals surface area contributed by atoms with Gasteiger partial charge in [0.25, 0.3) is 5.91 Å². The van der Waals surface area contributed by atoms with Crippen molar-refractivity contribution in [3.8, 4) is 0 Å². The lowest BCUT2D eigenvalue weighted by atomic mass is 9.83. The summed E-state index contributed by atoms with van der Waals surface area (Å²) in [6, 6.07) is 5.64. The fourth-order valence-corrected chi connectivity index (χ4v) is 3.17. The van der Waals surface area contributed by atoms with Crippen LogP contribution in [0.4, 0.5) is 0 Å². The van der Waals surface area contributed by atoms with Gasteiger partial charge in [-0.1, -0.05) is 31.4 Å². The first-order valence-electron chi connectivity index (χ1n) is 7.21. The Morgan fingerprint density at radius 1 is 1.16 bits per heavy atom. The summed E-state index contributed by atoms with van der Waals surface area (Å²) in [7, 11) is 0. The molecule has 3 nitrogen and oxygen atoms in total. The van der Waals surface area contributed by atoms with Crippen LogP contribution in [-0.2, 0) is 6.42 Å². The molecule has 0 atom stereocenters. The summed E-state index contributed by atoms with van der Waals surface area (Å²) in [5, 5.41) is 2.83. The number of fused-ring (bicyclic) bond motifs is 1. The Bertz CT molecular complexity index is 515. The van der Waals surface area contributed by atoms with Crippen LogP contribution in [-0.4, -0.2) is 18.2 Å². The molecule has 0 spiro atoms. The number of carbonyl (C=O) groups excluding carboxylic acids is 2. The van der Waals surface area contributed by atoms with E-state index >= 15 is 0 Å². The molecule has 1 aliphatic carbocycles. The maximum Gasteiger partial charge on any atom is 0.251 e. The molecular weight excluding hydrogens is 238 g/mol. The third-order valence-corrected chi connectivity index (χ3v) is 4.29. The molecule has 2 aliphatic rings. The number of hydrogen-bond donors (Lipinski definition) is 1. The van der Waals surface area contributed by atoms with Crippen LogP contribution >= 0.6 is 0 Å². The number of carbonyl (C=O) groups is 2. The highest BCUT2D eigenvalue weighted by molar-refractivity contribution is 6.02. The van der Waals surface area contributed by atoms with Crippen molar-refractivity contribution >= 4 is 11.7 Å². The standard InChI is InChI=1S/C16H19NO2/c18-15(12-4-2-1-3-5-12)13-7-6-11-8-9-17-16(19)14(11)10-13/h6-7,10,12H,1-5,8-9H2,(H,17,19). The van der Waals surface area contributed by atoms with Gasteiger partial charge >= 0.3 is 0 Å². The topological polar surface area (TPSA) is 46.2 Å². The van der Waals surface area contributed by atoms with Crippen LogP contribution in [0.1, 0.15) is 58.4 Å². The highest BCUT2D eigenvalue weighted by Crippen LogP contribution is 2.28. The Morgan fingerprint density at radius 2 is 1.95 bits per heavy atom. The van der Waals surface area contributed by atoms with Crippen molar-refractivity contribution in [2.75, 3.05) is 6.54 Å². The van der Waals surface area contributed by atoms with E-state index in [0.29, 0.717) is 17.7 Å². The lowest BCUT2D eigenvalue weighted by Gasteiger charge is -2.21. The first-order valence-corrected chi connectivity index (χ1v) is 7.21. The number of benzene rings is 1. The van der Waals surface area contributed by atoms with Gasteiger partial charge < -0.3 is 5.32 Å². The van der Waals surface area contributed by atoms with Crippen molar-refractivity contribution in [2.45, 2.75) is 38.5 Å². The maximum absolute atomic E-state index is 12.5. The molecule has 1 N–H and O–H groups in total. The number of hydrogen-bond acceptors (Lipinski definition) is 2. The van der Waals surface area contributed by atoms with Crippen molar-refractivity contribution in [3.05, 3.63) is 34.9 Å². The lowest BCUT2D eigenvalue weighted by molar-refractivity contribution is 0.0889. The summed E-state index contributed by atoms with van der Waals surface area (Å²) >= 11 is 0. The van der Waals surface area contributed by atoms with Gasteiger partial charge in [0.15, 0.2) is 5.78 Å². The molecule has 0 bridgehead atoms. The second kappa shape index (κ2) is 5.16. The Hall–Kier alpha value is -1.64. The van der Waals surface area contributed by atoms with Gasteiger partial charge in [-0.2, -0.15) is 0 Å². The molecule has 19 heavy (non-hydrogen) atoms. The van der Waals surface area contributed by atoms with Crippen LogP contribution in [0.25, 0.3) is 0 Å². The monoisotopic (exact) mass is 257 g/mol. The third kappa shape index (κ3) is 2.42. The normalized spacial score (nSPS) is 19.7. The molecule has 1 amide bonds. The van der Waals surface area contributed by atoms with E-state index in [1.807, 2.05) is 12.1 Å². The van der Waals surface area contributed by atoms with Crippen LogP contribution in [0.15, 0.2) is 18.2 Å². The smallest absolute Gasteiger partial charge is 0.251 e. The van der Waals surface area contributed by atoms with Crippen molar-refractivity contribution < 1.29 is 9.59 Å². The summed E-state index contributed by atoms with van der Waals surface area (Å²) in [6.45, 7) is 0.696. The Balaban J connectivity index is 1.86. The van der Waals surface area contributed by atoms with E-state index < -0.39 is 0 Å². The zero-order chi connectivity index (χ0) is 13.2. The van der Waals surface area contributed by atoms with Crippen LogP contribution in [0.2, 0.25) is 0 Å². The van der Waals surface area contributed by atoms with Gasteiger partial charge in [-0.25, -0.2) is 0 Å². The van der Waals surface area contributed by atoms with Crippen LogP contribution in [0.5, 0.6) is 0 Å². The summed E-state index contributed by atoms with van der Waals surface area (Å²) in [4.78, 5) is 24.3. The molecule has 1 saturated carbocycles. The zero-order valence-corrected chi connectivity index (χ0v) is 11.1. The first kappa shape index (κ1) is 12.4. The molecular formula is C16H19NO2. The quantitative estimate of drug-likeness (QED) is 0.828. The fourth-order valence-electron chi connectivity index (χ4n) is 3.17. The Labute approximate surface area is 113 Å². The third-order valence-electron chi connectivity index (χ3n) is 4.29. The van der Waals surface area contributed by atoms with Crippen molar-refractivity contribution in [2.24, 2.45) is 5.92 Å². The van der Waals surface area contributed by atoms with Crippen molar-refractivity contribution in [1.29, 1.82) is 0 Å². The van der Waals surface area contributed by atoms with Gasteiger partial charge in [-0.05, 0) is 30.9 Å². The van der Waals surface area contributed by atoms with E-state index in [0.717, 1.165) is 37.7 Å². The largest absolute Gasteiger partial charge is 0.352 e. The number of amides is 1. The minimum Gasteiger partial charge on any atom is -0.352 e. The highest BCUT2D eigenvalue weighted by atomic mass is 16.1. The zero-order valence-electron chi connectivity index (χ0n) is 11.1. The Kier molecular flexibility index (Phi) is 3.36. The summed E-state index contributed by atoms with van der Waals surface area (Å²) in [5.74, 6) is 0.346. The van der Waals surface area contributed by atoms with Crippen molar-refractivity contribution in [3.63, 3.8) is 0 Å². The molecule has 0 aromatic heterocycles. The van der Waals surface area contributed by atoms with Gasteiger partial charge in [0.2, 0.25) is 0 Å². The molecule has 1 fully saturated rings. The number of ketones is 1. The van der Waals surface area contributed by atoms with E-state index in [4.69, 9.17) is 0 Å². The minimum atomic E-state index is -0.0421. The molecule has 3 heteroatoms. The van der Waals surface area contributed by atoms with Crippen molar-refractivity contribution in [1.82, 2.24) is 5.32 Å². The predicted octanol–water partition coefficient (Wildman–Crippen LogP) is 2.74. The van der Waals surface area contributed by atoms with E-state index in [9.17, 15) is 9.59 Å². The molecule has 0 radical (unpaired) electrons. The molecule has 1 aromatic rings. The van der Waals surface area contributed by atoms with E-state index in [2.05, 4.69) is 5.32 Å². The second-order valence-electron chi connectivity index (χ2n) is 5.58. The molecule has 1 aliphatic heterocycles. The summed E-state index contributed by atoms with van der Waals surface area (Å²) in [6.07, 6.45) is 6.42. The van der Waals surface area contributed by atoms with E-state index in [1.165, 1.54) is 6.42 Å². The molecule has 1 aromatic carbocycles. The number of rotatable bonds is 2. The molecule has 0 saturated heterocycles. The molecule has 0 unspecified atom stereocenters. The molecule has 1 heterocycles. The highest BCUT2D eigenvalue weighted by Gasteiger charge is 2.24. The average molecular weight is 257 g/mol. The van der Waals surface area contributed by atoms with Gasteiger partial charge in [-0.15, -0.1) is 0 Å². The Morgan fingerprint density at radius 3 is 2.74 bits per heavy atom. The summed E-state index contributed by atoms with van der Waals surface area (Å²) in [5.41, 5.74) is 2.46. The van der Waals surface area contributed by atoms with Gasteiger partial charge in [0.1, 0.15) is 0 Å². The first-order chi connectivity index (χ1) is 9.25.